The molecule has 0 aliphatic carbocycles. The highest BCUT2D eigenvalue weighted by Gasteiger charge is 2.25. The minimum Gasteiger partial charge on any atom is -0.313 e. The molecule has 0 atom stereocenters. The second-order valence-corrected chi connectivity index (χ2v) is 8.09. The van der Waals surface area contributed by atoms with Crippen molar-refractivity contribution in [1.82, 2.24) is 0 Å². The van der Waals surface area contributed by atoms with Crippen LogP contribution in [0.5, 0.6) is 0 Å². The first-order valence-electron chi connectivity index (χ1n) is 8.78. The van der Waals surface area contributed by atoms with Crippen molar-refractivity contribution < 1.29 is 0 Å². The molecule has 3 aromatic rings. The van der Waals surface area contributed by atoms with Gasteiger partial charge in [0.25, 0.3) is 0 Å². The molecular formula is C18H2B10Cl3N. The smallest absolute Gasteiger partial charge is 0.115 e. The maximum atomic E-state index is 6.30. The number of benzene rings is 3. The van der Waals surface area contributed by atoms with E-state index in [0.717, 1.165) is 0 Å². The molecule has 0 aliphatic rings. The van der Waals surface area contributed by atoms with Gasteiger partial charge < -0.3 is 4.90 Å². The summed E-state index contributed by atoms with van der Waals surface area (Å²) in [5, 5.41) is 0.342. The highest BCUT2D eigenvalue weighted by Crippen LogP contribution is 2.38. The molecule has 0 N–H and O–H groups in total. The fourth-order valence-corrected chi connectivity index (χ4v) is 3.78. The van der Waals surface area contributed by atoms with Gasteiger partial charge in [-0.25, -0.2) is 0 Å². The lowest BCUT2D eigenvalue weighted by Gasteiger charge is -2.36. The van der Waals surface area contributed by atoms with Crippen molar-refractivity contribution in [3.05, 3.63) is 27.2 Å². The van der Waals surface area contributed by atoms with E-state index in [1.165, 1.54) is 17.0 Å². The number of halogens is 3. The van der Waals surface area contributed by atoms with Crippen molar-refractivity contribution in [2.75, 3.05) is 4.90 Å². The molecule has 0 spiro atoms. The maximum absolute atomic E-state index is 6.30. The van der Waals surface area contributed by atoms with Gasteiger partial charge in [-0.3, -0.25) is 0 Å². The lowest BCUT2D eigenvalue weighted by atomic mass is 9.60. The quantitative estimate of drug-likeness (QED) is 0.288. The van der Waals surface area contributed by atoms with E-state index in [1.807, 2.05) is 0 Å². The zero-order valence-corrected chi connectivity index (χ0v) is 18.8. The molecule has 0 amide bonds. The third-order valence-corrected chi connectivity index (χ3v) is 6.21. The molecule has 14 heteroatoms. The van der Waals surface area contributed by atoms with Gasteiger partial charge in [-0.1, -0.05) is 56.7 Å². The van der Waals surface area contributed by atoms with Crippen LogP contribution < -0.4 is 59.5 Å². The van der Waals surface area contributed by atoms with Crippen LogP contribution in [0.1, 0.15) is 0 Å². The van der Waals surface area contributed by atoms with E-state index >= 15 is 0 Å². The zero-order valence-electron chi connectivity index (χ0n) is 16.5. The predicted molar refractivity (Wildman–Crippen MR) is 150 cm³/mol. The Morgan fingerprint density at radius 2 is 0.688 bits per heavy atom. The number of nitrogens with zero attached hydrogens (tertiary/aromatic N) is 1. The third kappa shape index (κ3) is 4.04. The number of hydrogen-bond acceptors (Lipinski definition) is 1. The van der Waals surface area contributed by atoms with Crippen molar-refractivity contribution in [3.63, 3.8) is 0 Å². The third-order valence-electron chi connectivity index (χ3n) is 5.02. The summed E-state index contributed by atoms with van der Waals surface area (Å²) < 4.78 is 0. The van der Waals surface area contributed by atoms with Crippen LogP contribution in [0.2, 0.25) is 15.1 Å². The second-order valence-electron chi connectivity index (χ2n) is 6.89. The average molecular weight is 447 g/mol. The summed E-state index contributed by atoms with van der Waals surface area (Å²) >= 11 is 18.7. The molecular weight excluding hydrogens is 445 g/mol. The molecule has 0 saturated carbocycles. The first-order valence-corrected chi connectivity index (χ1v) is 9.91. The van der Waals surface area contributed by atoms with Crippen molar-refractivity contribution in [3.8, 4) is 0 Å². The molecule has 1 nitrogen and oxygen atoms in total. The van der Waals surface area contributed by atoms with Crippen LogP contribution >= 0.6 is 34.8 Å². The number of rotatable bonds is 3. The summed E-state index contributed by atoms with van der Waals surface area (Å²) in [6.07, 6.45) is 0. The molecule has 0 unspecified atom stereocenters. The van der Waals surface area contributed by atoms with Crippen LogP contribution in [0.15, 0.2) is 12.1 Å². The van der Waals surface area contributed by atoms with E-state index < -0.39 is 0 Å². The van der Waals surface area contributed by atoms with Crippen LogP contribution in [0.3, 0.4) is 0 Å². The summed E-state index contributed by atoms with van der Waals surface area (Å²) in [6.45, 7) is 0. The molecule has 0 fully saturated rings. The van der Waals surface area contributed by atoms with E-state index in [0.29, 0.717) is 0 Å². The number of hydrogen-bond donors (Lipinski definition) is 0. The Kier molecular flexibility index (Phi) is 7.45. The lowest BCUT2D eigenvalue weighted by Crippen LogP contribution is -2.59. The lowest BCUT2D eigenvalue weighted by molar-refractivity contribution is 1.33. The highest BCUT2D eigenvalue weighted by molar-refractivity contribution is 6.71. The average Bonchev–Trinajstić information content (AvgIpc) is 2.75. The number of anilines is 3. The minimum atomic E-state index is -0.0239. The summed E-state index contributed by atoms with van der Waals surface area (Å²) in [5.74, 6) is 0. The Morgan fingerprint density at radius 3 is 0.969 bits per heavy atom. The van der Waals surface area contributed by atoms with Crippen LogP contribution in [-0.4, -0.2) is 78.5 Å². The van der Waals surface area contributed by atoms with Gasteiger partial charge in [-0.05, 0) is 12.1 Å². The van der Waals surface area contributed by atoms with Crippen molar-refractivity contribution in [2.45, 2.75) is 0 Å². The largest absolute Gasteiger partial charge is 0.313 e. The minimum absolute atomic E-state index is 0.00755. The van der Waals surface area contributed by atoms with Gasteiger partial charge >= 0.3 is 0 Å². The zero-order chi connectivity index (χ0) is 24.2. The SMILES string of the molecule is [B]c1c([B])c([B])c(N(c2cc(Cl)c(Cl)c(Cl)c2)c2c([B])c([B])c([B])c([B])c2[B])c([B])c1[B]. The first-order chi connectivity index (χ1) is 14.8. The molecule has 0 heterocycles. The molecule has 0 saturated heterocycles. The molecule has 0 bridgehead atoms. The van der Waals surface area contributed by atoms with Crippen LogP contribution in [0.25, 0.3) is 0 Å². The van der Waals surface area contributed by atoms with Crippen molar-refractivity contribution >= 4 is 185 Å². The van der Waals surface area contributed by atoms with Crippen molar-refractivity contribution in [2.24, 2.45) is 0 Å². The molecule has 3 rings (SSSR count). The molecule has 0 aromatic heterocycles. The summed E-state index contributed by atoms with van der Waals surface area (Å²) in [5.41, 5.74) is 0.313. The summed E-state index contributed by atoms with van der Waals surface area (Å²) in [4.78, 5) is 1.40. The predicted octanol–water partition coefficient (Wildman–Crippen LogP) is -4.95. The monoisotopic (exact) mass is 447 g/mol. The molecule has 130 valence electrons. The van der Waals surface area contributed by atoms with E-state index in [4.69, 9.17) is 113 Å². The molecule has 32 heavy (non-hydrogen) atoms. The van der Waals surface area contributed by atoms with Crippen LogP contribution in [0.4, 0.5) is 17.1 Å². The fourth-order valence-electron chi connectivity index (χ4n) is 3.19. The van der Waals surface area contributed by atoms with Gasteiger partial charge in [0.15, 0.2) is 0 Å². The molecule has 0 aliphatic heterocycles. The van der Waals surface area contributed by atoms with Gasteiger partial charge in [-0.15, -0.1) is 32.8 Å². The van der Waals surface area contributed by atoms with Crippen molar-refractivity contribution in [1.29, 1.82) is 0 Å². The van der Waals surface area contributed by atoms with E-state index in [9.17, 15) is 0 Å². The van der Waals surface area contributed by atoms with Crippen LogP contribution in [-0.2, 0) is 0 Å². The fraction of sp³-hybridized carbons (Fsp3) is 0. The Balaban J connectivity index is 2.56. The van der Waals surface area contributed by atoms with E-state index in [-0.39, 0.29) is 86.8 Å². The molecule has 20 radical (unpaired) electrons. The van der Waals surface area contributed by atoms with Gasteiger partial charge in [0, 0.05) is 17.1 Å². The standard InChI is InChI=1S/C18H2B10Cl3N/c19-6-8(21)12(25)17(13(26)9(6)22)32(3-1-4(29)16(31)5(30)2-3)18-14(27)10(23)7(20)11(24)15(18)28/h1-2H. The van der Waals surface area contributed by atoms with E-state index in [2.05, 4.69) is 0 Å². The van der Waals surface area contributed by atoms with Gasteiger partial charge in [-0.2, -0.15) is 0 Å². The topological polar surface area (TPSA) is 3.24 Å². The normalized spacial score (nSPS) is 11.0. The summed E-state index contributed by atoms with van der Waals surface area (Å²) in [6, 6.07) is 2.94. The Morgan fingerprint density at radius 1 is 0.438 bits per heavy atom. The Labute approximate surface area is 216 Å². The highest BCUT2D eigenvalue weighted by atomic mass is 35.5. The second kappa shape index (κ2) is 9.32. The van der Waals surface area contributed by atoms with Crippen LogP contribution in [0, 0.1) is 0 Å². The Bertz CT molecular complexity index is 1130. The van der Waals surface area contributed by atoms with Gasteiger partial charge in [0.1, 0.15) is 78.5 Å². The summed E-state index contributed by atoms with van der Waals surface area (Å²) in [7, 11) is 61.3. The van der Waals surface area contributed by atoms with Gasteiger partial charge in [0.05, 0.1) is 15.1 Å². The molecule has 3 aromatic carbocycles. The first kappa shape index (κ1) is 25.6. The van der Waals surface area contributed by atoms with Gasteiger partial charge in [0.2, 0.25) is 0 Å². The van der Waals surface area contributed by atoms with E-state index in [1.54, 1.807) is 0 Å². The Hall–Kier alpha value is -1.02. The maximum Gasteiger partial charge on any atom is 0.115 e.